The van der Waals surface area contributed by atoms with Crippen LogP contribution < -0.4 is 5.32 Å². The molecule has 0 aliphatic heterocycles. The zero-order chi connectivity index (χ0) is 17.9. The van der Waals surface area contributed by atoms with Crippen LogP contribution in [0.4, 0.5) is 0 Å². The minimum atomic E-state index is 0.0495. The number of hydrogen-bond acceptors (Lipinski definition) is 5. The predicted octanol–water partition coefficient (Wildman–Crippen LogP) is 3.46. The number of aromatic nitrogens is 4. The molecule has 1 N–H and O–H groups in total. The number of benzene rings is 1. The second-order valence-corrected chi connectivity index (χ2v) is 8.37. The van der Waals surface area contributed by atoms with Crippen LogP contribution in [0.25, 0.3) is 0 Å². The fourth-order valence-electron chi connectivity index (χ4n) is 3.68. The molecule has 7 heteroatoms. The van der Waals surface area contributed by atoms with Crippen LogP contribution >= 0.6 is 11.8 Å². The van der Waals surface area contributed by atoms with Crippen molar-refractivity contribution in [2.75, 3.05) is 5.75 Å². The highest BCUT2D eigenvalue weighted by Crippen LogP contribution is 2.41. The molecule has 1 atom stereocenters. The molecule has 0 bridgehead atoms. The van der Waals surface area contributed by atoms with E-state index in [9.17, 15) is 4.79 Å². The van der Waals surface area contributed by atoms with E-state index in [-0.39, 0.29) is 11.9 Å². The lowest BCUT2D eigenvalue weighted by Gasteiger charge is -2.19. The summed E-state index contributed by atoms with van der Waals surface area (Å²) in [7, 11) is 0. The van der Waals surface area contributed by atoms with Crippen LogP contribution in [0.5, 0.6) is 0 Å². The van der Waals surface area contributed by atoms with Crippen molar-refractivity contribution in [2.45, 2.75) is 62.7 Å². The third-order valence-corrected chi connectivity index (χ3v) is 6.25. The zero-order valence-corrected chi connectivity index (χ0v) is 15.9. The van der Waals surface area contributed by atoms with E-state index in [4.69, 9.17) is 0 Å². The minimum absolute atomic E-state index is 0.0495. The number of rotatable bonds is 7. The molecule has 1 aromatic carbocycles. The van der Waals surface area contributed by atoms with Crippen molar-refractivity contribution in [1.82, 2.24) is 25.5 Å². The van der Waals surface area contributed by atoms with E-state index in [0.29, 0.717) is 17.7 Å². The lowest BCUT2D eigenvalue weighted by molar-refractivity contribution is -0.119. The van der Waals surface area contributed by atoms with Gasteiger partial charge in [-0.1, -0.05) is 54.4 Å². The van der Waals surface area contributed by atoms with E-state index in [1.165, 1.54) is 48.6 Å². The van der Waals surface area contributed by atoms with E-state index in [1.54, 1.807) is 0 Å². The highest BCUT2D eigenvalue weighted by Gasteiger charge is 2.33. The Bertz CT molecular complexity index is 750. The summed E-state index contributed by atoms with van der Waals surface area (Å²) in [4.78, 5) is 12.5. The van der Waals surface area contributed by atoms with Crippen molar-refractivity contribution in [3.8, 4) is 0 Å². The Morgan fingerprint density at radius 3 is 2.65 bits per heavy atom. The molecule has 2 saturated carbocycles. The lowest BCUT2D eigenvalue weighted by Crippen LogP contribution is -2.31. The molecule has 6 nitrogen and oxygen atoms in total. The van der Waals surface area contributed by atoms with Crippen molar-refractivity contribution in [2.24, 2.45) is 5.92 Å². The van der Waals surface area contributed by atoms with Gasteiger partial charge in [-0.25, -0.2) is 4.68 Å². The van der Waals surface area contributed by atoms with Gasteiger partial charge >= 0.3 is 0 Å². The number of amides is 1. The molecular weight excluding hydrogens is 346 g/mol. The Labute approximate surface area is 158 Å². The van der Waals surface area contributed by atoms with E-state index in [0.717, 1.165) is 18.0 Å². The summed E-state index contributed by atoms with van der Waals surface area (Å²) in [6, 6.07) is 9.00. The van der Waals surface area contributed by atoms with Gasteiger partial charge in [-0.2, -0.15) is 0 Å². The molecule has 4 rings (SSSR count). The first kappa shape index (κ1) is 17.5. The summed E-state index contributed by atoms with van der Waals surface area (Å²) in [6.07, 6.45) is 7.09. The van der Waals surface area contributed by atoms with E-state index >= 15 is 0 Å². The van der Waals surface area contributed by atoms with Crippen molar-refractivity contribution in [3.05, 3.63) is 35.4 Å². The summed E-state index contributed by atoms with van der Waals surface area (Å²) in [6.45, 7) is 2.08. The highest BCUT2D eigenvalue weighted by molar-refractivity contribution is 7.99. The first-order valence-corrected chi connectivity index (χ1v) is 10.5. The quantitative estimate of drug-likeness (QED) is 0.755. The first-order valence-electron chi connectivity index (χ1n) is 9.47. The molecule has 1 amide bonds. The summed E-state index contributed by atoms with van der Waals surface area (Å²) in [5.74, 6) is 0.964. The van der Waals surface area contributed by atoms with Crippen molar-refractivity contribution in [3.63, 3.8) is 0 Å². The van der Waals surface area contributed by atoms with Gasteiger partial charge in [0.2, 0.25) is 11.1 Å². The Hall–Kier alpha value is -1.89. The average molecular weight is 372 g/mol. The molecule has 138 valence electrons. The summed E-state index contributed by atoms with van der Waals surface area (Å²) < 4.78 is 1.91. The molecule has 2 aromatic rings. The van der Waals surface area contributed by atoms with Crippen molar-refractivity contribution >= 4 is 17.7 Å². The molecule has 1 heterocycles. The number of nitrogens with one attached hydrogen (secondary N) is 1. The molecule has 2 aliphatic rings. The third kappa shape index (κ3) is 4.09. The van der Waals surface area contributed by atoms with Gasteiger partial charge in [0.1, 0.15) is 0 Å². The SMILES string of the molecule is Cc1ccc([C@@H](NC(=O)CSc2nnnn2C2CCCC2)C2CC2)cc1. The summed E-state index contributed by atoms with van der Waals surface area (Å²) in [5, 5.41) is 16.0. The van der Waals surface area contributed by atoms with Crippen LogP contribution in [-0.2, 0) is 4.79 Å². The Morgan fingerprint density at radius 1 is 1.23 bits per heavy atom. The van der Waals surface area contributed by atoms with Gasteiger partial charge in [0.15, 0.2) is 0 Å². The van der Waals surface area contributed by atoms with E-state index < -0.39 is 0 Å². The molecule has 1 aromatic heterocycles. The smallest absolute Gasteiger partial charge is 0.230 e. The van der Waals surface area contributed by atoms with E-state index in [1.807, 2.05) is 4.68 Å². The average Bonchev–Trinajstić information content (AvgIpc) is 3.14. The standard InChI is InChI=1S/C19H25N5OS/c1-13-6-8-14(9-7-13)18(15-10-11-15)20-17(25)12-26-19-21-22-23-24(19)16-4-2-3-5-16/h6-9,15-16,18H,2-5,10-12H2,1H3,(H,20,25)/t18-/m1/s1. The molecule has 2 fully saturated rings. The van der Waals surface area contributed by atoms with E-state index in [2.05, 4.69) is 52.0 Å². The highest BCUT2D eigenvalue weighted by atomic mass is 32.2. The second kappa shape index (κ2) is 7.78. The summed E-state index contributed by atoms with van der Waals surface area (Å²) in [5.41, 5.74) is 2.44. The maximum atomic E-state index is 12.5. The van der Waals surface area contributed by atoms with Crippen LogP contribution in [0.2, 0.25) is 0 Å². The van der Waals surface area contributed by atoms with Gasteiger partial charge in [0, 0.05) is 0 Å². The monoisotopic (exact) mass is 371 g/mol. The van der Waals surface area contributed by atoms with Crippen LogP contribution in [-0.4, -0.2) is 31.9 Å². The fourth-order valence-corrected chi connectivity index (χ4v) is 4.44. The number of hydrogen-bond donors (Lipinski definition) is 1. The number of aryl methyl sites for hydroxylation is 1. The van der Waals surface area contributed by atoms with Gasteiger partial charge in [-0.05, 0) is 54.5 Å². The van der Waals surface area contributed by atoms with Gasteiger partial charge in [0.05, 0.1) is 17.8 Å². The normalized spacial score (nSPS) is 18.8. The number of carbonyl (C=O) groups excluding carboxylic acids is 1. The number of tetrazole rings is 1. The van der Waals surface area contributed by atoms with Gasteiger partial charge in [-0.3, -0.25) is 4.79 Å². The van der Waals surface area contributed by atoms with Crippen molar-refractivity contribution < 1.29 is 4.79 Å². The van der Waals surface area contributed by atoms with Crippen LogP contribution in [0.1, 0.15) is 61.7 Å². The predicted molar refractivity (Wildman–Crippen MR) is 101 cm³/mol. The number of carbonyl (C=O) groups is 1. The van der Waals surface area contributed by atoms with Gasteiger partial charge in [0.25, 0.3) is 0 Å². The Morgan fingerprint density at radius 2 is 1.96 bits per heavy atom. The molecule has 0 spiro atoms. The molecule has 0 unspecified atom stereocenters. The van der Waals surface area contributed by atoms with Crippen LogP contribution in [0, 0.1) is 12.8 Å². The molecule has 2 aliphatic carbocycles. The molecular formula is C19H25N5OS. The topological polar surface area (TPSA) is 72.7 Å². The lowest BCUT2D eigenvalue weighted by atomic mass is 10.0. The molecule has 0 radical (unpaired) electrons. The van der Waals surface area contributed by atoms with Gasteiger partial charge in [-0.15, -0.1) is 5.10 Å². The fraction of sp³-hybridized carbons (Fsp3) is 0.579. The van der Waals surface area contributed by atoms with Crippen LogP contribution in [0.3, 0.4) is 0 Å². The maximum Gasteiger partial charge on any atom is 0.230 e. The zero-order valence-electron chi connectivity index (χ0n) is 15.1. The number of nitrogens with zero attached hydrogens (tertiary/aromatic N) is 4. The third-order valence-electron chi connectivity index (χ3n) is 5.31. The maximum absolute atomic E-state index is 12.5. The molecule has 0 saturated heterocycles. The Kier molecular flexibility index (Phi) is 5.24. The first-order chi connectivity index (χ1) is 12.7. The van der Waals surface area contributed by atoms with Gasteiger partial charge < -0.3 is 5.32 Å². The van der Waals surface area contributed by atoms with Crippen molar-refractivity contribution in [1.29, 1.82) is 0 Å². The Balaban J connectivity index is 1.36. The summed E-state index contributed by atoms with van der Waals surface area (Å²) >= 11 is 1.44. The second-order valence-electron chi connectivity index (χ2n) is 7.43. The largest absolute Gasteiger partial charge is 0.348 e. The molecule has 26 heavy (non-hydrogen) atoms. The van der Waals surface area contributed by atoms with Crippen LogP contribution in [0.15, 0.2) is 29.4 Å². The number of thioether (sulfide) groups is 1. The minimum Gasteiger partial charge on any atom is -0.348 e.